The third kappa shape index (κ3) is 2.05. The molecule has 0 saturated heterocycles. The van der Waals surface area contributed by atoms with Gasteiger partial charge < -0.3 is 5.73 Å². The van der Waals surface area contributed by atoms with Crippen LogP contribution >= 0.6 is 11.3 Å². The SMILES string of the molecule is CCc1ccc(C(N)C2(CC)CCCC2)s1. The van der Waals surface area contributed by atoms with Crippen molar-refractivity contribution in [1.29, 1.82) is 0 Å². The van der Waals surface area contributed by atoms with Gasteiger partial charge in [0.15, 0.2) is 0 Å². The number of hydrogen-bond acceptors (Lipinski definition) is 2. The lowest BCUT2D eigenvalue weighted by Crippen LogP contribution is -2.31. The Balaban J connectivity index is 2.19. The van der Waals surface area contributed by atoms with Crippen LogP contribution in [0.1, 0.15) is 61.7 Å². The van der Waals surface area contributed by atoms with Crippen LogP contribution in [0, 0.1) is 5.41 Å². The lowest BCUT2D eigenvalue weighted by Gasteiger charge is -2.33. The highest BCUT2D eigenvalue weighted by atomic mass is 32.1. The van der Waals surface area contributed by atoms with Crippen molar-refractivity contribution >= 4 is 11.3 Å². The minimum atomic E-state index is 0.269. The Morgan fingerprint density at radius 2 is 2.00 bits per heavy atom. The van der Waals surface area contributed by atoms with Crippen LogP contribution < -0.4 is 5.73 Å². The van der Waals surface area contributed by atoms with Crippen molar-refractivity contribution in [3.8, 4) is 0 Å². The Morgan fingerprint density at radius 3 is 2.50 bits per heavy atom. The van der Waals surface area contributed by atoms with Gasteiger partial charge in [0.1, 0.15) is 0 Å². The van der Waals surface area contributed by atoms with E-state index >= 15 is 0 Å². The molecule has 2 rings (SSSR count). The molecular weight excluding hydrogens is 214 g/mol. The Morgan fingerprint density at radius 1 is 1.31 bits per heavy atom. The van der Waals surface area contributed by atoms with Gasteiger partial charge in [-0.2, -0.15) is 0 Å². The first kappa shape index (κ1) is 12.1. The molecule has 90 valence electrons. The first-order chi connectivity index (χ1) is 7.72. The van der Waals surface area contributed by atoms with E-state index in [1.807, 2.05) is 11.3 Å². The zero-order valence-electron chi connectivity index (χ0n) is 10.5. The number of thiophene rings is 1. The van der Waals surface area contributed by atoms with Crippen molar-refractivity contribution in [2.75, 3.05) is 0 Å². The molecule has 1 aliphatic carbocycles. The summed E-state index contributed by atoms with van der Waals surface area (Å²) in [5.74, 6) is 0. The largest absolute Gasteiger partial charge is 0.323 e. The number of hydrogen-bond donors (Lipinski definition) is 1. The van der Waals surface area contributed by atoms with Gasteiger partial charge in [0.2, 0.25) is 0 Å². The van der Waals surface area contributed by atoms with Gasteiger partial charge in [-0.15, -0.1) is 11.3 Å². The highest BCUT2D eigenvalue weighted by Crippen LogP contribution is 2.49. The second-order valence-electron chi connectivity index (χ2n) is 5.06. The minimum Gasteiger partial charge on any atom is -0.323 e. The molecule has 0 amide bonds. The molecule has 1 atom stereocenters. The van der Waals surface area contributed by atoms with E-state index in [1.165, 1.54) is 41.9 Å². The Bertz CT molecular complexity index is 336. The summed E-state index contributed by atoms with van der Waals surface area (Å²) in [4.78, 5) is 2.87. The molecule has 1 nitrogen and oxygen atoms in total. The van der Waals surface area contributed by atoms with Gasteiger partial charge in [0, 0.05) is 15.8 Å². The van der Waals surface area contributed by atoms with Crippen LogP contribution in [0.3, 0.4) is 0 Å². The molecule has 1 heterocycles. The van der Waals surface area contributed by atoms with Gasteiger partial charge >= 0.3 is 0 Å². The van der Waals surface area contributed by atoms with Gasteiger partial charge in [0.25, 0.3) is 0 Å². The van der Waals surface area contributed by atoms with Crippen LogP contribution in [0.25, 0.3) is 0 Å². The minimum absolute atomic E-state index is 0.269. The summed E-state index contributed by atoms with van der Waals surface area (Å²) in [5, 5.41) is 0. The van der Waals surface area contributed by atoms with Crippen molar-refractivity contribution in [2.45, 2.75) is 58.4 Å². The summed E-state index contributed by atoms with van der Waals surface area (Å²) in [6, 6.07) is 4.77. The highest BCUT2D eigenvalue weighted by molar-refractivity contribution is 7.12. The zero-order chi connectivity index (χ0) is 11.6. The molecule has 1 aromatic rings. The highest BCUT2D eigenvalue weighted by Gasteiger charge is 2.38. The van der Waals surface area contributed by atoms with E-state index in [1.54, 1.807) is 0 Å². The monoisotopic (exact) mass is 237 g/mol. The van der Waals surface area contributed by atoms with Crippen molar-refractivity contribution in [3.63, 3.8) is 0 Å². The number of rotatable bonds is 4. The molecular formula is C14H23NS. The Kier molecular flexibility index (Phi) is 3.70. The number of aryl methyl sites for hydroxylation is 1. The molecule has 0 aliphatic heterocycles. The summed E-state index contributed by atoms with van der Waals surface area (Å²) in [6.45, 7) is 4.52. The van der Waals surface area contributed by atoms with E-state index in [0.717, 1.165) is 6.42 Å². The molecule has 1 unspecified atom stereocenters. The van der Waals surface area contributed by atoms with E-state index in [-0.39, 0.29) is 6.04 Å². The fourth-order valence-corrected chi connectivity index (χ4v) is 4.11. The molecule has 2 N–H and O–H groups in total. The van der Waals surface area contributed by atoms with Gasteiger partial charge in [0.05, 0.1) is 0 Å². The molecule has 0 spiro atoms. The van der Waals surface area contributed by atoms with Crippen LogP contribution in [0.5, 0.6) is 0 Å². The van der Waals surface area contributed by atoms with E-state index in [0.29, 0.717) is 5.41 Å². The van der Waals surface area contributed by atoms with Crippen molar-refractivity contribution in [1.82, 2.24) is 0 Å². The van der Waals surface area contributed by atoms with Crippen molar-refractivity contribution in [3.05, 3.63) is 21.9 Å². The Hall–Kier alpha value is -0.340. The van der Waals surface area contributed by atoms with Crippen LogP contribution in [0.15, 0.2) is 12.1 Å². The maximum Gasteiger partial charge on any atom is 0.0446 e. The summed E-state index contributed by atoms with van der Waals surface area (Å²) in [7, 11) is 0. The molecule has 1 saturated carbocycles. The quantitative estimate of drug-likeness (QED) is 0.831. The lowest BCUT2D eigenvalue weighted by atomic mass is 9.76. The first-order valence-corrected chi connectivity index (χ1v) is 7.37. The van der Waals surface area contributed by atoms with Crippen LogP contribution in [-0.2, 0) is 6.42 Å². The van der Waals surface area contributed by atoms with Gasteiger partial charge in [-0.25, -0.2) is 0 Å². The smallest absolute Gasteiger partial charge is 0.0446 e. The topological polar surface area (TPSA) is 26.0 Å². The van der Waals surface area contributed by atoms with Gasteiger partial charge in [-0.1, -0.05) is 26.7 Å². The van der Waals surface area contributed by atoms with E-state index in [9.17, 15) is 0 Å². The fourth-order valence-electron chi connectivity index (χ4n) is 3.02. The summed E-state index contributed by atoms with van der Waals surface area (Å²) in [6.07, 6.45) is 7.75. The normalized spacial score (nSPS) is 21.2. The standard InChI is InChI=1S/C14H23NS/c1-3-11-7-8-12(16-11)13(15)14(4-2)9-5-6-10-14/h7-8,13H,3-6,9-10,15H2,1-2H3. The van der Waals surface area contributed by atoms with Crippen molar-refractivity contribution in [2.24, 2.45) is 11.1 Å². The lowest BCUT2D eigenvalue weighted by molar-refractivity contribution is 0.225. The molecule has 2 heteroatoms. The van der Waals surface area contributed by atoms with Crippen LogP contribution in [-0.4, -0.2) is 0 Å². The van der Waals surface area contributed by atoms with Crippen molar-refractivity contribution < 1.29 is 0 Å². The molecule has 1 aliphatic rings. The maximum atomic E-state index is 6.52. The Labute approximate surface area is 103 Å². The second-order valence-corrected chi connectivity index (χ2v) is 6.26. The summed E-state index contributed by atoms with van der Waals surface area (Å²) < 4.78 is 0. The third-order valence-electron chi connectivity index (χ3n) is 4.30. The van der Waals surface area contributed by atoms with E-state index in [4.69, 9.17) is 5.73 Å². The molecule has 1 fully saturated rings. The predicted octanol–water partition coefficient (Wildman–Crippen LogP) is 4.28. The van der Waals surface area contributed by atoms with Gasteiger partial charge in [-0.05, 0) is 43.2 Å². The van der Waals surface area contributed by atoms with E-state index < -0.39 is 0 Å². The maximum absolute atomic E-state index is 6.52. The third-order valence-corrected chi connectivity index (χ3v) is 5.61. The summed E-state index contributed by atoms with van der Waals surface area (Å²) >= 11 is 1.92. The predicted molar refractivity (Wildman–Crippen MR) is 71.8 cm³/mol. The first-order valence-electron chi connectivity index (χ1n) is 6.56. The second kappa shape index (κ2) is 4.89. The average molecular weight is 237 g/mol. The van der Waals surface area contributed by atoms with Crippen LogP contribution in [0.2, 0.25) is 0 Å². The summed E-state index contributed by atoms with van der Waals surface area (Å²) in [5.41, 5.74) is 6.92. The van der Waals surface area contributed by atoms with Gasteiger partial charge in [-0.3, -0.25) is 0 Å². The molecule has 0 radical (unpaired) electrons. The molecule has 1 aromatic heterocycles. The molecule has 0 bridgehead atoms. The van der Waals surface area contributed by atoms with E-state index in [2.05, 4.69) is 26.0 Å². The van der Waals surface area contributed by atoms with Crippen LogP contribution in [0.4, 0.5) is 0 Å². The zero-order valence-corrected chi connectivity index (χ0v) is 11.3. The molecule has 0 aromatic carbocycles. The average Bonchev–Trinajstić information content (AvgIpc) is 2.98. The fraction of sp³-hybridized carbons (Fsp3) is 0.714. The molecule has 16 heavy (non-hydrogen) atoms. The number of nitrogens with two attached hydrogens (primary N) is 1.